The highest BCUT2D eigenvalue weighted by Crippen LogP contribution is 2.25. The summed E-state index contributed by atoms with van der Waals surface area (Å²) in [5.41, 5.74) is 1.62. The molecular formula is C14H19NO2. The molecule has 2 rings (SSSR count). The van der Waals surface area contributed by atoms with Crippen molar-refractivity contribution in [3.8, 4) is 0 Å². The average Bonchev–Trinajstić information content (AvgIpc) is 2.89. The maximum absolute atomic E-state index is 11.8. The Hall–Kier alpha value is -1.51. The zero-order valence-corrected chi connectivity index (χ0v) is 10.2. The SMILES string of the molecule is CNc1ccc(C(=O)OCC2CCCC2)cc1. The van der Waals surface area contributed by atoms with E-state index in [0.29, 0.717) is 18.1 Å². The monoisotopic (exact) mass is 233 g/mol. The Labute approximate surface area is 102 Å². The van der Waals surface area contributed by atoms with Gasteiger partial charge in [-0.15, -0.1) is 0 Å². The van der Waals surface area contributed by atoms with Gasteiger partial charge in [-0.25, -0.2) is 4.79 Å². The van der Waals surface area contributed by atoms with Crippen LogP contribution in [0.2, 0.25) is 0 Å². The molecule has 92 valence electrons. The predicted octanol–water partition coefficient (Wildman–Crippen LogP) is 3.08. The highest BCUT2D eigenvalue weighted by molar-refractivity contribution is 5.89. The number of hydrogen-bond acceptors (Lipinski definition) is 3. The fourth-order valence-corrected chi connectivity index (χ4v) is 2.23. The van der Waals surface area contributed by atoms with E-state index in [1.165, 1.54) is 25.7 Å². The van der Waals surface area contributed by atoms with E-state index in [4.69, 9.17) is 4.74 Å². The molecule has 0 spiro atoms. The molecule has 17 heavy (non-hydrogen) atoms. The first-order chi connectivity index (χ1) is 8.29. The Bertz CT molecular complexity index is 366. The number of benzene rings is 1. The summed E-state index contributed by atoms with van der Waals surface area (Å²) in [5, 5.41) is 3.02. The van der Waals surface area contributed by atoms with Gasteiger partial charge in [0.15, 0.2) is 0 Å². The summed E-state index contributed by atoms with van der Waals surface area (Å²) in [6.45, 7) is 0.576. The summed E-state index contributed by atoms with van der Waals surface area (Å²) in [4.78, 5) is 11.8. The molecule has 0 amide bonds. The Kier molecular flexibility index (Phi) is 4.02. The molecule has 0 unspecified atom stereocenters. The Morgan fingerprint density at radius 3 is 2.53 bits per heavy atom. The number of rotatable bonds is 4. The highest BCUT2D eigenvalue weighted by Gasteiger charge is 2.17. The molecule has 1 saturated carbocycles. The van der Waals surface area contributed by atoms with E-state index >= 15 is 0 Å². The molecule has 0 saturated heterocycles. The van der Waals surface area contributed by atoms with Crippen molar-refractivity contribution in [3.05, 3.63) is 29.8 Å². The lowest BCUT2D eigenvalue weighted by Gasteiger charge is -2.10. The Balaban J connectivity index is 1.85. The smallest absolute Gasteiger partial charge is 0.338 e. The van der Waals surface area contributed by atoms with Crippen LogP contribution >= 0.6 is 0 Å². The molecule has 0 aromatic heterocycles. The van der Waals surface area contributed by atoms with Gasteiger partial charge in [-0.05, 0) is 43.0 Å². The molecule has 1 aliphatic rings. The lowest BCUT2D eigenvalue weighted by molar-refractivity contribution is 0.0442. The number of esters is 1. The lowest BCUT2D eigenvalue weighted by Crippen LogP contribution is -2.12. The lowest BCUT2D eigenvalue weighted by atomic mass is 10.1. The minimum Gasteiger partial charge on any atom is -0.462 e. The van der Waals surface area contributed by atoms with E-state index in [1.807, 2.05) is 19.2 Å². The van der Waals surface area contributed by atoms with Crippen LogP contribution in [-0.2, 0) is 4.74 Å². The van der Waals surface area contributed by atoms with Crippen LogP contribution in [0.3, 0.4) is 0 Å². The van der Waals surface area contributed by atoms with Gasteiger partial charge in [0.1, 0.15) is 0 Å². The quantitative estimate of drug-likeness (QED) is 0.812. The largest absolute Gasteiger partial charge is 0.462 e. The van der Waals surface area contributed by atoms with Gasteiger partial charge >= 0.3 is 5.97 Å². The van der Waals surface area contributed by atoms with Crippen molar-refractivity contribution in [2.75, 3.05) is 19.0 Å². The summed E-state index contributed by atoms with van der Waals surface area (Å²) in [5.74, 6) is 0.370. The minimum absolute atomic E-state index is 0.209. The number of ether oxygens (including phenoxy) is 1. The van der Waals surface area contributed by atoms with E-state index in [2.05, 4.69) is 5.32 Å². The average molecular weight is 233 g/mol. The second-order valence-electron chi connectivity index (χ2n) is 4.58. The van der Waals surface area contributed by atoms with E-state index < -0.39 is 0 Å². The van der Waals surface area contributed by atoms with Gasteiger partial charge in [-0.1, -0.05) is 12.8 Å². The van der Waals surface area contributed by atoms with Crippen LogP contribution in [0.5, 0.6) is 0 Å². The maximum atomic E-state index is 11.8. The standard InChI is InChI=1S/C14H19NO2/c1-15-13-8-6-12(7-9-13)14(16)17-10-11-4-2-3-5-11/h6-9,11,15H,2-5,10H2,1H3. The molecule has 1 aliphatic carbocycles. The van der Waals surface area contributed by atoms with E-state index in [0.717, 1.165) is 5.69 Å². The third-order valence-electron chi connectivity index (χ3n) is 3.33. The number of nitrogens with one attached hydrogen (secondary N) is 1. The first-order valence-electron chi connectivity index (χ1n) is 6.24. The third-order valence-corrected chi connectivity index (χ3v) is 3.33. The number of hydrogen-bond donors (Lipinski definition) is 1. The van der Waals surface area contributed by atoms with Crippen LogP contribution in [0, 0.1) is 5.92 Å². The first-order valence-corrected chi connectivity index (χ1v) is 6.24. The van der Waals surface area contributed by atoms with Gasteiger partial charge in [0, 0.05) is 12.7 Å². The Morgan fingerprint density at radius 1 is 1.29 bits per heavy atom. The van der Waals surface area contributed by atoms with E-state index in [-0.39, 0.29) is 5.97 Å². The number of carbonyl (C=O) groups is 1. The second kappa shape index (κ2) is 5.71. The van der Waals surface area contributed by atoms with Crippen LogP contribution in [0.4, 0.5) is 5.69 Å². The molecule has 1 N–H and O–H groups in total. The highest BCUT2D eigenvalue weighted by atomic mass is 16.5. The van der Waals surface area contributed by atoms with Crippen molar-refractivity contribution in [2.24, 2.45) is 5.92 Å². The minimum atomic E-state index is -0.209. The van der Waals surface area contributed by atoms with Gasteiger partial charge in [-0.3, -0.25) is 0 Å². The van der Waals surface area contributed by atoms with Crippen LogP contribution < -0.4 is 5.32 Å². The molecule has 3 nitrogen and oxygen atoms in total. The third kappa shape index (κ3) is 3.22. The molecule has 1 aromatic carbocycles. The van der Waals surface area contributed by atoms with Gasteiger partial charge < -0.3 is 10.1 Å². The molecule has 0 atom stereocenters. The molecular weight excluding hydrogens is 214 g/mol. The van der Waals surface area contributed by atoms with E-state index in [1.54, 1.807) is 12.1 Å². The molecule has 1 fully saturated rings. The maximum Gasteiger partial charge on any atom is 0.338 e. The van der Waals surface area contributed by atoms with Crippen molar-refractivity contribution in [3.63, 3.8) is 0 Å². The van der Waals surface area contributed by atoms with Crippen molar-refractivity contribution in [1.82, 2.24) is 0 Å². The van der Waals surface area contributed by atoms with Gasteiger partial charge in [0.2, 0.25) is 0 Å². The summed E-state index contributed by atoms with van der Waals surface area (Å²) in [6.07, 6.45) is 4.95. The molecule has 1 aromatic rings. The fourth-order valence-electron chi connectivity index (χ4n) is 2.23. The molecule has 0 bridgehead atoms. The first kappa shape index (κ1) is 12.0. The zero-order chi connectivity index (χ0) is 12.1. The van der Waals surface area contributed by atoms with Crippen LogP contribution in [0.1, 0.15) is 36.0 Å². The van der Waals surface area contributed by atoms with Crippen LogP contribution in [-0.4, -0.2) is 19.6 Å². The van der Waals surface area contributed by atoms with Gasteiger partial charge in [-0.2, -0.15) is 0 Å². The molecule has 0 radical (unpaired) electrons. The second-order valence-corrected chi connectivity index (χ2v) is 4.58. The topological polar surface area (TPSA) is 38.3 Å². The van der Waals surface area contributed by atoms with Crippen molar-refractivity contribution >= 4 is 11.7 Å². The molecule has 3 heteroatoms. The summed E-state index contributed by atoms with van der Waals surface area (Å²) < 4.78 is 5.33. The van der Waals surface area contributed by atoms with Gasteiger partial charge in [0.25, 0.3) is 0 Å². The van der Waals surface area contributed by atoms with E-state index in [9.17, 15) is 4.79 Å². The van der Waals surface area contributed by atoms with Gasteiger partial charge in [0.05, 0.1) is 12.2 Å². The Morgan fingerprint density at radius 2 is 1.94 bits per heavy atom. The van der Waals surface area contributed by atoms with Crippen LogP contribution in [0.25, 0.3) is 0 Å². The van der Waals surface area contributed by atoms with Crippen molar-refractivity contribution in [1.29, 1.82) is 0 Å². The normalized spacial score (nSPS) is 15.8. The zero-order valence-electron chi connectivity index (χ0n) is 10.2. The summed E-state index contributed by atoms with van der Waals surface area (Å²) in [6, 6.07) is 7.35. The van der Waals surface area contributed by atoms with Crippen molar-refractivity contribution < 1.29 is 9.53 Å². The number of anilines is 1. The molecule has 0 heterocycles. The summed E-state index contributed by atoms with van der Waals surface area (Å²) >= 11 is 0. The predicted molar refractivity (Wildman–Crippen MR) is 68.2 cm³/mol. The molecule has 0 aliphatic heterocycles. The fraction of sp³-hybridized carbons (Fsp3) is 0.500. The van der Waals surface area contributed by atoms with Crippen LogP contribution in [0.15, 0.2) is 24.3 Å². The number of carbonyl (C=O) groups excluding carboxylic acids is 1. The van der Waals surface area contributed by atoms with Crippen molar-refractivity contribution in [2.45, 2.75) is 25.7 Å². The summed E-state index contributed by atoms with van der Waals surface area (Å²) in [7, 11) is 1.85.